The summed E-state index contributed by atoms with van der Waals surface area (Å²) in [5.74, 6) is 0.210. The Kier molecular flexibility index (Phi) is 6.15. The van der Waals surface area contributed by atoms with Gasteiger partial charge in [-0.3, -0.25) is 0 Å². The van der Waals surface area contributed by atoms with Gasteiger partial charge in [0.15, 0.2) is 11.7 Å². The molecule has 2 aliphatic carbocycles. The van der Waals surface area contributed by atoms with Crippen LogP contribution >= 0.6 is 0 Å². The molecule has 2 unspecified atom stereocenters. The number of hydrogen-bond donors (Lipinski definition) is 0. The maximum Gasteiger partial charge on any atom is 0.205 e. The van der Waals surface area contributed by atoms with Crippen LogP contribution in [0.1, 0.15) is 74.6 Å². The lowest BCUT2D eigenvalue weighted by Gasteiger charge is -2.24. The van der Waals surface area contributed by atoms with E-state index in [0.717, 1.165) is 43.3 Å². The highest BCUT2D eigenvalue weighted by atomic mass is 16.3. The van der Waals surface area contributed by atoms with Crippen LogP contribution in [0.15, 0.2) is 94.6 Å². The molecule has 3 aliphatic rings. The highest BCUT2D eigenvalue weighted by Crippen LogP contribution is 2.47. The van der Waals surface area contributed by atoms with E-state index in [-0.39, 0.29) is 5.92 Å². The Morgan fingerprint density at radius 3 is 2.64 bits per heavy atom. The van der Waals surface area contributed by atoms with Crippen molar-refractivity contribution in [3.05, 3.63) is 112 Å². The molecule has 0 radical (unpaired) electrons. The van der Waals surface area contributed by atoms with Gasteiger partial charge in [-0.15, -0.1) is 0 Å². The molecule has 196 valence electrons. The molecule has 1 aromatic heterocycles. The Bertz CT molecular complexity index is 1720. The van der Waals surface area contributed by atoms with Gasteiger partial charge in [0.05, 0.1) is 5.56 Å². The highest BCUT2D eigenvalue weighted by Gasteiger charge is 2.48. The Balaban J connectivity index is 1.58. The van der Waals surface area contributed by atoms with Gasteiger partial charge in [-0.25, -0.2) is 0 Å². The number of para-hydroxylation sites is 1. The smallest absolute Gasteiger partial charge is 0.205 e. The molecule has 2 atom stereocenters. The first kappa shape index (κ1) is 24.4. The van der Waals surface area contributed by atoms with E-state index in [1.807, 2.05) is 0 Å². The summed E-state index contributed by atoms with van der Waals surface area (Å²) in [6, 6.07) is 22.7. The van der Waals surface area contributed by atoms with Crippen molar-refractivity contribution < 1.29 is 8.99 Å². The van der Waals surface area contributed by atoms with Gasteiger partial charge in [-0.1, -0.05) is 86.7 Å². The van der Waals surface area contributed by atoms with Gasteiger partial charge in [0.2, 0.25) is 5.71 Å². The van der Waals surface area contributed by atoms with E-state index in [4.69, 9.17) is 4.42 Å². The van der Waals surface area contributed by atoms with E-state index in [1.165, 1.54) is 68.4 Å². The number of fused-ring (bicyclic) bond motifs is 4. The minimum Gasteiger partial charge on any atom is -0.455 e. The van der Waals surface area contributed by atoms with Crippen LogP contribution in [0.3, 0.4) is 0 Å². The minimum atomic E-state index is 0.210. The topological polar surface area (TPSA) is 16.1 Å². The fraction of sp³-hybridized carbons (Fsp3) is 0.324. The molecule has 2 heterocycles. The number of aryl methyl sites for hydroxylation is 2. The van der Waals surface area contributed by atoms with Crippen LogP contribution in [0.2, 0.25) is 0 Å². The number of hydrogen-bond acceptors (Lipinski definition) is 1. The van der Waals surface area contributed by atoms with Gasteiger partial charge in [-0.05, 0) is 60.9 Å². The second-order valence-electron chi connectivity index (χ2n) is 11.5. The first-order valence-corrected chi connectivity index (χ1v) is 15.0. The SMILES string of the molecule is CCCC(CC)[N+]1=C(c2c(C)ccc3c2oc2ccccc23)C(C2=CCCc3ccccc32)C2=C1CCC=C2. The lowest BCUT2D eigenvalue weighted by atomic mass is 9.76. The third-order valence-corrected chi connectivity index (χ3v) is 9.20. The van der Waals surface area contributed by atoms with Crippen LogP contribution in [0.4, 0.5) is 0 Å². The molecule has 0 fully saturated rings. The molecule has 0 spiro atoms. The largest absolute Gasteiger partial charge is 0.455 e. The molecule has 1 aliphatic heterocycles. The van der Waals surface area contributed by atoms with E-state index >= 15 is 0 Å². The van der Waals surface area contributed by atoms with E-state index in [9.17, 15) is 0 Å². The van der Waals surface area contributed by atoms with Gasteiger partial charge in [0, 0.05) is 35.6 Å². The summed E-state index contributed by atoms with van der Waals surface area (Å²) in [6.07, 6.45) is 15.3. The van der Waals surface area contributed by atoms with Crippen molar-refractivity contribution in [3.63, 3.8) is 0 Å². The highest BCUT2D eigenvalue weighted by molar-refractivity contribution is 6.19. The van der Waals surface area contributed by atoms with Crippen LogP contribution in [0, 0.1) is 12.8 Å². The molecule has 7 rings (SSSR count). The zero-order valence-electron chi connectivity index (χ0n) is 23.5. The molecule has 4 aromatic rings. The molecule has 0 saturated carbocycles. The molecule has 2 heteroatoms. The second kappa shape index (κ2) is 9.83. The Labute approximate surface area is 232 Å². The molecular formula is C37H38NO+. The number of benzene rings is 3. The first-order valence-electron chi connectivity index (χ1n) is 15.0. The standard InChI is InChI=1S/C37H38NO/c1-4-13-26(5-2)38-32-20-10-8-18-31(32)35(29-19-12-15-25-14-6-7-16-27(25)29)36(38)34-24(3)22-23-30-28-17-9-11-21-33(28)39-37(30)34/h6-9,11,14,16-19,21-23,26,35H,4-5,10,12-13,15,20H2,1-3H3/q+1. The fourth-order valence-corrected chi connectivity index (χ4v) is 7.46. The normalized spacial score (nSPS) is 19.6. The van der Waals surface area contributed by atoms with Crippen molar-refractivity contribution >= 4 is 33.2 Å². The average molecular weight is 513 g/mol. The number of rotatable bonds is 6. The maximum absolute atomic E-state index is 6.75. The van der Waals surface area contributed by atoms with E-state index in [0.29, 0.717) is 6.04 Å². The van der Waals surface area contributed by atoms with E-state index in [1.54, 1.807) is 0 Å². The van der Waals surface area contributed by atoms with Crippen molar-refractivity contribution in [1.82, 2.24) is 0 Å². The van der Waals surface area contributed by atoms with Crippen molar-refractivity contribution in [2.24, 2.45) is 5.92 Å². The quantitative estimate of drug-likeness (QED) is 0.235. The Morgan fingerprint density at radius 2 is 1.77 bits per heavy atom. The summed E-state index contributed by atoms with van der Waals surface area (Å²) in [7, 11) is 0. The maximum atomic E-state index is 6.75. The summed E-state index contributed by atoms with van der Waals surface area (Å²) < 4.78 is 9.55. The molecular weight excluding hydrogens is 474 g/mol. The predicted molar refractivity (Wildman–Crippen MR) is 163 cm³/mol. The van der Waals surface area contributed by atoms with Gasteiger partial charge in [0.25, 0.3) is 0 Å². The van der Waals surface area contributed by atoms with Crippen LogP contribution < -0.4 is 0 Å². The second-order valence-corrected chi connectivity index (χ2v) is 11.5. The van der Waals surface area contributed by atoms with Crippen LogP contribution in [-0.4, -0.2) is 16.3 Å². The Hall–Kier alpha value is -3.65. The molecule has 0 N–H and O–H groups in total. The van der Waals surface area contributed by atoms with Gasteiger partial charge in [0.1, 0.15) is 17.1 Å². The lowest BCUT2D eigenvalue weighted by Crippen LogP contribution is -2.32. The summed E-state index contributed by atoms with van der Waals surface area (Å²) in [6.45, 7) is 6.98. The van der Waals surface area contributed by atoms with Gasteiger partial charge < -0.3 is 4.42 Å². The van der Waals surface area contributed by atoms with Gasteiger partial charge >= 0.3 is 0 Å². The van der Waals surface area contributed by atoms with E-state index in [2.05, 4.69) is 104 Å². The third-order valence-electron chi connectivity index (χ3n) is 9.20. The van der Waals surface area contributed by atoms with Crippen LogP contribution in [-0.2, 0) is 6.42 Å². The summed E-state index contributed by atoms with van der Waals surface area (Å²) in [5.41, 5.74) is 13.5. The molecule has 3 aromatic carbocycles. The van der Waals surface area contributed by atoms with Crippen molar-refractivity contribution in [2.45, 2.75) is 71.8 Å². The summed E-state index contributed by atoms with van der Waals surface area (Å²) in [4.78, 5) is 0. The van der Waals surface area contributed by atoms with Gasteiger partial charge in [-0.2, -0.15) is 4.58 Å². The fourth-order valence-electron chi connectivity index (χ4n) is 7.46. The summed E-state index contributed by atoms with van der Waals surface area (Å²) in [5, 5.41) is 2.43. The zero-order chi connectivity index (χ0) is 26.5. The van der Waals surface area contributed by atoms with E-state index < -0.39 is 0 Å². The number of nitrogens with zero attached hydrogens (tertiary/aromatic N) is 1. The molecule has 0 amide bonds. The predicted octanol–water partition coefficient (Wildman–Crippen LogP) is 9.54. The molecule has 2 nitrogen and oxygen atoms in total. The molecule has 39 heavy (non-hydrogen) atoms. The lowest BCUT2D eigenvalue weighted by molar-refractivity contribution is -0.520. The zero-order valence-corrected chi connectivity index (χ0v) is 23.5. The minimum absolute atomic E-state index is 0.210. The average Bonchev–Trinajstić information content (AvgIpc) is 3.51. The van der Waals surface area contributed by atoms with Crippen LogP contribution in [0.5, 0.6) is 0 Å². The van der Waals surface area contributed by atoms with Crippen molar-refractivity contribution in [1.29, 1.82) is 0 Å². The molecule has 0 saturated heterocycles. The monoisotopic (exact) mass is 512 g/mol. The third kappa shape index (κ3) is 3.79. The summed E-state index contributed by atoms with van der Waals surface area (Å²) >= 11 is 0. The van der Waals surface area contributed by atoms with Crippen molar-refractivity contribution in [2.75, 3.05) is 0 Å². The Morgan fingerprint density at radius 1 is 0.923 bits per heavy atom. The van der Waals surface area contributed by atoms with Crippen LogP contribution in [0.25, 0.3) is 27.5 Å². The first-order chi connectivity index (χ1) is 19.2. The number of allylic oxidation sites excluding steroid dienone is 6. The number of furan rings is 1. The van der Waals surface area contributed by atoms with Crippen molar-refractivity contribution in [3.8, 4) is 0 Å². The molecule has 0 bridgehead atoms.